The van der Waals surface area contributed by atoms with E-state index in [4.69, 9.17) is 0 Å². The maximum atomic E-state index is 13.8. The summed E-state index contributed by atoms with van der Waals surface area (Å²) in [7, 11) is 0. The molecule has 0 radical (unpaired) electrons. The van der Waals surface area contributed by atoms with Gasteiger partial charge >= 0.3 is 0 Å². The normalized spacial score (nSPS) is 11.2. The third-order valence-corrected chi connectivity index (χ3v) is 7.15. The summed E-state index contributed by atoms with van der Waals surface area (Å²) < 4.78 is 41.6. The highest BCUT2D eigenvalue weighted by atomic mass is 32.2. The van der Waals surface area contributed by atoms with Crippen molar-refractivity contribution in [3.8, 4) is 10.4 Å². The Hall–Kier alpha value is -2.63. The largest absolute Gasteiger partial charge is 0.323 e. The number of thioether (sulfide) groups is 1. The molecule has 31 heavy (non-hydrogen) atoms. The van der Waals surface area contributed by atoms with Crippen LogP contribution in [0.2, 0.25) is 0 Å². The maximum absolute atomic E-state index is 13.8. The summed E-state index contributed by atoms with van der Waals surface area (Å²) in [6.07, 6.45) is 0. The first-order valence-electron chi connectivity index (χ1n) is 9.02. The zero-order chi connectivity index (χ0) is 22.1. The number of anilines is 1. The molecule has 0 unspecified atom stereocenters. The van der Waals surface area contributed by atoms with Gasteiger partial charge in [0.15, 0.2) is 22.6 Å². The van der Waals surface area contributed by atoms with Crippen LogP contribution < -0.4 is 10.9 Å². The SMILES string of the molecule is CCn1c(SCC(=O)Nc2ccc(F)c(F)c2F)nc2scc(-c3cccs3)c2c1=O. The number of hydrogen-bond donors (Lipinski definition) is 1. The number of hydrogen-bond acceptors (Lipinski definition) is 6. The molecule has 11 heteroatoms. The summed E-state index contributed by atoms with van der Waals surface area (Å²) in [4.78, 5) is 31.4. The van der Waals surface area contributed by atoms with Crippen molar-refractivity contribution in [3.05, 3.63) is 62.8 Å². The molecule has 0 spiro atoms. The molecule has 0 aliphatic heterocycles. The van der Waals surface area contributed by atoms with E-state index in [0.717, 1.165) is 34.3 Å². The van der Waals surface area contributed by atoms with Gasteiger partial charge in [0.1, 0.15) is 4.83 Å². The third-order valence-electron chi connectivity index (χ3n) is 4.40. The predicted octanol–water partition coefficient (Wildman–Crippen LogP) is 5.35. The number of nitrogens with zero attached hydrogens (tertiary/aromatic N) is 2. The van der Waals surface area contributed by atoms with E-state index in [-0.39, 0.29) is 11.3 Å². The molecule has 160 valence electrons. The van der Waals surface area contributed by atoms with Crippen LogP contribution in [-0.2, 0) is 11.3 Å². The fourth-order valence-corrected chi connectivity index (χ4v) is 5.61. The van der Waals surface area contributed by atoms with E-state index in [9.17, 15) is 22.8 Å². The lowest BCUT2D eigenvalue weighted by molar-refractivity contribution is -0.113. The number of aromatic nitrogens is 2. The molecule has 0 bridgehead atoms. The predicted molar refractivity (Wildman–Crippen MR) is 119 cm³/mol. The number of amides is 1. The van der Waals surface area contributed by atoms with Gasteiger partial charge in [-0.05, 0) is 30.5 Å². The van der Waals surface area contributed by atoms with E-state index in [0.29, 0.717) is 21.9 Å². The molecular formula is C20H14F3N3O2S3. The second-order valence-corrected chi connectivity index (χ2v) is 9.06. The van der Waals surface area contributed by atoms with Crippen LogP contribution in [-0.4, -0.2) is 21.2 Å². The van der Waals surface area contributed by atoms with E-state index in [1.165, 1.54) is 27.2 Å². The zero-order valence-corrected chi connectivity index (χ0v) is 18.4. The Morgan fingerprint density at radius 3 is 2.71 bits per heavy atom. The number of carbonyl (C=O) groups excluding carboxylic acids is 1. The standard InChI is InChI=1S/C20H14F3N3O2S3/c1-2-26-19(28)15-10(13-4-3-7-29-13)8-30-18(15)25-20(26)31-9-14(27)24-12-6-5-11(21)16(22)17(12)23/h3-8H,2,9H2,1H3,(H,24,27). The summed E-state index contributed by atoms with van der Waals surface area (Å²) in [6.45, 7) is 2.15. The van der Waals surface area contributed by atoms with Crippen LogP contribution in [0.4, 0.5) is 18.9 Å². The first-order valence-corrected chi connectivity index (χ1v) is 11.8. The van der Waals surface area contributed by atoms with Gasteiger partial charge in [-0.1, -0.05) is 17.8 Å². The van der Waals surface area contributed by atoms with E-state index < -0.39 is 29.0 Å². The minimum atomic E-state index is -1.66. The lowest BCUT2D eigenvalue weighted by Crippen LogP contribution is -2.23. The Morgan fingerprint density at radius 2 is 2.00 bits per heavy atom. The molecule has 3 aromatic heterocycles. The smallest absolute Gasteiger partial charge is 0.263 e. The highest BCUT2D eigenvalue weighted by Crippen LogP contribution is 2.34. The lowest BCUT2D eigenvalue weighted by atomic mass is 10.2. The third kappa shape index (κ3) is 4.12. The zero-order valence-electron chi connectivity index (χ0n) is 15.9. The topological polar surface area (TPSA) is 64.0 Å². The number of rotatable bonds is 6. The van der Waals surface area contributed by atoms with Crippen molar-refractivity contribution in [2.24, 2.45) is 0 Å². The van der Waals surface area contributed by atoms with E-state index in [2.05, 4.69) is 10.3 Å². The Bertz CT molecular complexity index is 1330. The summed E-state index contributed by atoms with van der Waals surface area (Å²) in [5.41, 5.74) is 0.171. The first-order chi connectivity index (χ1) is 14.9. The van der Waals surface area contributed by atoms with E-state index in [1.54, 1.807) is 6.92 Å². The van der Waals surface area contributed by atoms with Crippen LogP contribution in [0.25, 0.3) is 20.7 Å². The summed E-state index contributed by atoms with van der Waals surface area (Å²) >= 11 is 3.88. The second kappa shape index (κ2) is 8.85. The van der Waals surface area contributed by atoms with Gasteiger partial charge in [0.25, 0.3) is 5.56 Å². The summed E-state index contributed by atoms with van der Waals surface area (Å²) in [5.74, 6) is -5.30. The molecule has 0 saturated carbocycles. The van der Waals surface area contributed by atoms with Crippen LogP contribution in [0.15, 0.2) is 45.0 Å². The fourth-order valence-electron chi connectivity index (χ4n) is 2.95. The second-order valence-electron chi connectivity index (χ2n) is 6.31. The van der Waals surface area contributed by atoms with Gasteiger partial charge in [-0.3, -0.25) is 14.2 Å². The van der Waals surface area contributed by atoms with Crippen LogP contribution in [0.5, 0.6) is 0 Å². The number of benzene rings is 1. The molecule has 0 fully saturated rings. The van der Waals surface area contributed by atoms with Crippen molar-refractivity contribution in [1.82, 2.24) is 9.55 Å². The van der Waals surface area contributed by atoms with Crippen LogP contribution in [0, 0.1) is 17.5 Å². The number of carbonyl (C=O) groups is 1. The van der Waals surface area contributed by atoms with Crippen molar-refractivity contribution in [2.75, 3.05) is 11.1 Å². The molecule has 4 rings (SSSR count). The minimum Gasteiger partial charge on any atom is -0.323 e. The van der Waals surface area contributed by atoms with Gasteiger partial charge in [0, 0.05) is 22.4 Å². The lowest BCUT2D eigenvalue weighted by Gasteiger charge is -2.11. The quantitative estimate of drug-likeness (QED) is 0.229. The highest BCUT2D eigenvalue weighted by Gasteiger charge is 2.19. The van der Waals surface area contributed by atoms with Crippen molar-refractivity contribution >= 4 is 56.2 Å². The molecule has 0 aliphatic carbocycles. The highest BCUT2D eigenvalue weighted by molar-refractivity contribution is 7.99. The molecular weight excluding hydrogens is 467 g/mol. The number of nitrogens with one attached hydrogen (secondary N) is 1. The van der Waals surface area contributed by atoms with Gasteiger partial charge in [-0.25, -0.2) is 18.2 Å². The number of fused-ring (bicyclic) bond motifs is 1. The number of thiophene rings is 2. The molecule has 1 amide bonds. The van der Waals surface area contributed by atoms with Crippen molar-refractivity contribution in [1.29, 1.82) is 0 Å². The minimum absolute atomic E-state index is 0.195. The fraction of sp³-hybridized carbons (Fsp3) is 0.150. The van der Waals surface area contributed by atoms with Crippen molar-refractivity contribution < 1.29 is 18.0 Å². The molecule has 0 aliphatic rings. The summed E-state index contributed by atoms with van der Waals surface area (Å²) in [5, 5.41) is 6.91. The molecule has 0 saturated heterocycles. The molecule has 1 N–H and O–H groups in total. The molecule has 1 aromatic carbocycles. The van der Waals surface area contributed by atoms with Crippen LogP contribution >= 0.6 is 34.4 Å². The van der Waals surface area contributed by atoms with Gasteiger partial charge in [-0.2, -0.15) is 0 Å². The maximum Gasteiger partial charge on any atom is 0.263 e. The average Bonchev–Trinajstić information content (AvgIpc) is 3.42. The summed E-state index contributed by atoms with van der Waals surface area (Å²) in [6, 6.07) is 5.52. The van der Waals surface area contributed by atoms with Crippen molar-refractivity contribution in [3.63, 3.8) is 0 Å². The molecule has 0 atom stereocenters. The molecule has 5 nitrogen and oxygen atoms in total. The average molecular weight is 482 g/mol. The van der Waals surface area contributed by atoms with Gasteiger partial charge in [0.2, 0.25) is 5.91 Å². The monoisotopic (exact) mass is 481 g/mol. The van der Waals surface area contributed by atoms with E-state index in [1.807, 2.05) is 22.9 Å². The van der Waals surface area contributed by atoms with E-state index >= 15 is 0 Å². The van der Waals surface area contributed by atoms with Gasteiger partial charge in [-0.15, -0.1) is 22.7 Å². The van der Waals surface area contributed by atoms with Gasteiger partial charge < -0.3 is 5.32 Å². The number of halogens is 3. The molecule has 4 aromatic rings. The van der Waals surface area contributed by atoms with Gasteiger partial charge in [0.05, 0.1) is 16.8 Å². The first kappa shape index (κ1) is 21.6. The Balaban J connectivity index is 1.58. The van der Waals surface area contributed by atoms with Crippen LogP contribution in [0.3, 0.4) is 0 Å². The van der Waals surface area contributed by atoms with Crippen LogP contribution in [0.1, 0.15) is 6.92 Å². The Labute approximate surface area is 186 Å². The Kier molecular flexibility index (Phi) is 6.17. The van der Waals surface area contributed by atoms with Crippen molar-refractivity contribution in [2.45, 2.75) is 18.6 Å². The Morgan fingerprint density at radius 1 is 1.19 bits per heavy atom. The molecule has 3 heterocycles.